The molecular weight excluding hydrogens is 236 g/mol. The number of nitrogens with one attached hydrogen (secondary N) is 1. The molecule has 94 valence electrons. The Kier molecular flexibility index (Phi) is 4.26. The number of hydrogen-bond acceptors (Lipinski definition) is 3. The van der Waals surface area contributed by atoms with Crippen molar-refractivity contribution in [2.45, 2.75) is 25.5 Å². The number of anilines is 1. The lowest BCUT2D eigenvalue weighted by Gasteiger charge is -2.30. The van der Waals surface area contributed by atoms with Crippen molar-refractivity contribution in [3.63, 3.8) is 0 Å². The molecule has 0 bridgehead atoms. The molecule has 1 aromatic carbocycles. The van der Waals surface area contributed by atoms with E-state index in [4.69, 9.17) is 11.6 Å². The third kappa shape index (κ3) is 3.35. The van der Waals surface area contributed by atoms with Crippen molar-refractivity contribution in [3.05, 3.63) is 28.8 Å². The maximum Gasteiger partial charge on any atom is 0.0702 e. The van der Waals surface area contributed by atoms with Crippen LogP contribution in [0.15, 0.2) is 18.2 Å². The Bertz CT molecular complexity index is 376. The highest BCUT2D eigenvalue weighted by atomic mass is 35.5. The number of aliphatic hydroxyl groups is 1. The molecule has 2 N–H and O–H groups in total. The first-order valence-corrected chi connectivity index (χ1v) is 6.41. The number of hydrogen-bond donors (Lipinski definition) is 2. The molecule has 1 fully saturated rings. The molecule has 0 atom stereocenters. The van der Waals surface area contributed by atoms with Crippen LogP contribution in [-0.2, 0) is 6.61 Å². The number of halogens is 1. The molecule has 0 radical (unpaired) electrons. The molecule has 1 saturated heterocycles. The van der Waals surface area contributed by atoms with Crippen LogP contribution in [0.1, 0.15) is 18.4 Å². The van der Waals surface area contributed by atoms with E-state index in [2.05, 4.69) is 17.3 Å². The van der Waals surface area contributed by atoms with E-state index in [-0.39, 0.29) is 6.61 Å². The van der Waals surface area contributed by atoms with Crippen LogP contribution < -0.4 is 5.32 Å². The van der Waals surface area contributed by atoms with Gasteiger partial charge in [0.05, 0.1) is 6.61 Å². The van der Waals surface area contributed by atoms with Gasteiger partial charge in [-0.15, -0.1) is 0 Å². The van der Waals surface area contributed by atoms with Crippen molar-refractivity contribution in [1.82, 2.24) is 4.90 Å². The predicted molar refractivity (Wildman–Crippen MR) is 71.5 cm³/mol. The molecule has 1 heterocycles. The quantitative estimate of drug-likeness (QED) is 0.869. The van der Waals surface area contributed by atoms with E-state index in [0.717, 1.165) is 37.2 Å². The maximum absolute atomic E-state index is 9.31. The van der Waals surface area contributed by atoms with Crippen molar-refractivity contribution in [2.24, 2.45) is 0 Å². The van der Waals surface area contributed by atoms with Crippen LogP contribution in [-0.4, -0.2) is 36.2 Å². The molecule has 0 saturated carbocycles. The maximum atomic E-state index is 9.31. The van der Waals surface area contributed by atoms with E-state index >= 15 is 0 Å². The van der Waals surface area contributed by atoms with Crippen LogP contribution in [0.25, 0.3) is 0 Å². The summed E-state index contributed by atoms with van der Waals surface area (Å²) in [6.45, 7) is 2.27. The fourth-order valence-corrected chi connectivity index (χ4v) is 2.40. The highest BCUT2D eigenvalue weighted by Crippen LogP contribution is 2.23. The fourth-order valence-electron chi connectivity index (χ4n) is 2.21. The second kappa shape index (κ2) is 5.71. The Hall–Kier alpha value is -0.770. The molecule has 0 spiro atoms. The Morgan fingerprint density at radius 1 is 1.41 bits per heavy atom. The Balaban J connectivity index is 2.03. The summed E-state index contributed by atoms with van der Waals surface area (Å²) in [7, 11) is 2.15. The van der Waals surface area contributed by atoms with Gasteiger partial charge < -0.3 is 15.3 Å². The van der Waals surface area contributed by atoms with Gasteiger partial charge in [0, 0.05) is 22.3 Å². The number of likely N-dealkylation sites (tertiary alicyclic amines) is 1. The zero-order chi connectivity index (χ0) is 12.3. The molecule has 1 aliphatic heterocycles. The monoisotopic (exact) mass is 254 g/mol. The summed E-state index contributed by atoms with van der Waals surface area (Å²) in [4.78, 5) is 2.34. The molecule has 4 heteroatoms. The average molecular weight is 255 g/mol. The van der Waals surface area contributed by atoms with Gasteiger partial charge in [-0.1, -0.05) is 11.6 Å². The zero-order valence-corrected chi connectivity index (χ0v) is 10.9. The van der Waals surface area contributed by atoms with Crippen molar-refractivity contribution in [1.29, 1.82) is 0 Å². The largest absolute Gasteiger partial charge is 0.392 e. The first-order valence-electron chi connectivity index (χ1n) is 6.03. The van der Waals surface area contributed by atoms with Gasteiger partial charge >= 0.3 is 0 Å². The SMILES string of the molecule is CN1CCC(Nc2ccc(Cl)cc2CO)CC1. The summed E-state index contributed by atoms with van der Waals surface area (Å²) >= 11 is 5.91. The van der Waals surface area contributed by atoms with Gasteiger partial charge in [0.2, 0.25) is 0 Å². The standard InChI is InChI=1S/C13H19ClN2O/c1-16-6-4-12(5-7-16)15-13-3-2-11(14)8-10(13)9-17/h2-3,8,12,15,17H,4-7,9H2,1H3. The summed E-state index contributed by atoms with van der Waals surface area (Å²) in [6, 6.07) is 6.13. The van der Waals surface area contributed by atoms with Crippen LogP contribution in [0.4, 0.5) is 5.69 Å². The fraction of sp³-hybridized carbons (Fsp3) is 0.538. The molecule has 17 heavy (non-hydrogen) atoms. The minimum Gasteiger partial charge on any atom is -0.392 e. The summed E-state index contributed by atoms with van der Waals surface area (Å²) < 4.78 is 0. The second-order valence-electron chi connectivity index (χ2n) is 4.68. The van der Waals surface area contributed by atoms with E-state index in [1.165, 1.54) is 0 Å². The summed E-state index contributed by atoms with van der Waals surface area (Å²) in [6.07, 6.45) is 2.29. The molecule has 3 nitrogen and oxygen atoms in total. The average Bonchev–Trinajstić information content (AvgIpc) is 2.34. The minimum atomic E-state index is 0.0233. The number of aliphatic hydroxyl groups excluding tert-OH is 1. The van der Waals surface area contributed by atoms with Crippen molar-refractivity contribution < 1.29 is 5.11 Å². The van der Waals surface area contributed by atoms with Crippen LogP contribution >= 0.6 is 11.6 Å². The van der Waals surface area contributed by atoms with E-state index in [1.807, 2.05) is 18.2 Å². The topological polar surface area (TPSA) is 35.5 Å². The number of piperidine rings is 1. The lowest BCUT2D eigenvalue weighted by molar-refractivity contribution is 0.263. The lowest BCUT2D eigenvalue weighted by Crippen LogP contribution is -2.36. The number of rotatable bonds is 3. The molecule has 0 aliphatic carbocycles. The van der Waals surface area contributed by atoms with Gasteiger partial charge in [-0.25, -0.2) is 0 Å². The molecule has 1 aliphatic rings. The third-order valence-corrected chi connectivity index (χ3v) is 3.55. The van der Waals surface area contributed by atoms with Gasteiger partial charge in [-0.3, -0.25) is 0 Å². The van der Waals surface area contributed by atoms with E-state index in [9.17, 15) is 5.11 Å². The van der Waals surface area contributed by atoms with Gasteiger partial charge in [0.15, 0.2) is 0 Å². The normalized spacial score (nSPS) is 18.3. The van der Waals surface area contributed by atoms with E-state index < -0.39 is 0 Å². The first kappa shape index (κ1) is 12.7. The van der Waals surface area contributed by atoms with E-state index in [0.29, 0.717) is 11.1 Å². The first-order chi connectivity index (χ1) is 8.19. The second-order valence-corrected chi connectivity index (χ2v) is 5.12. The van der Waals surface area contributed by atoms with Crippen molar-refractivity contribution in [3.8, 4) is 0 Å². The Morgan fingerprint density at radius 3 is 2.76 bits per heavy atom. The highest BCUT2D eigenvalue weighted by Gasteiger charge is 2.17. The summed E-state index contributed by atoms with van der Waals surface area (Å²) in [5.41, 5.74) is 1.88. The van der Waals surface area contributed by atoms with E-state index in [1.54, 1.807) is 0 Å². The molecule has 1 aromatic rings. The lowest BCUT2D eigenvalue weighted by atomic mass is 10.0. The van der Waals surface area contributed by atoms with Crippen LogP contribution in [0.3, 0.4) is 0 Å². The van der Waals surface area contributed by atoms with Gasteiger partial charge in [-0.2, -0.15) is 0 Å². The van der Waals surface area contributed by atoms with Gasteiger partial charge in [0.1, 0.15) is 0 Å². The highest BCUT2D eigenvalue weighted by molar-refractivity contribution is 6.30. The predicted octanol–water partition coefficient (Wildman–Crippen LogP) is 2.34. The Morgan fingerprint density at radius 2 is 2.12 bits per heavy atom. The van der Waals surface area contributed by atoms with Gasteiger partial charge in [-0.05, 0) is 51.2 Å². The summed E-state index contributed by atoms with van der Waals surface area (Å²) in [5.74, 6) is 0. The van der Waals surface area contributed by atoms with Crippen LogP contribution in [0, 0.1) is 0 Å². The van der Waals surface area contributed by atoms with Crippen LogP contribution in [0.2, 0.25) is 5.02 Å². The molecule has 0 aromatic heterocycles. The minimum absolute atomic E-state index is 0.0233. The van der Waals surface area contributed by atoms with Crippen molar-refractivity contribution in [2.75, 3.05) is 25.5 Å². The molecule has 2 rings (SSSR count). The van der Waals surface area contributed by atoms with Crippen LogP contribution in [0.5, 0.6) is 0 Å². The third-order valence-electron chi connectivity index (χ3n) is 3.32. The van der Waals surface area contributed by atoms with Crippen molar-refractivity contribution >= 4 is 17.3 Å². The molecule has 0 amide bonds. The van der Waals surface area contributed by atoms with Gasteiger partial charge in [0.25, 0.3) is 0 Å². The molecule has 0 unspecified atom stereocenters. The smallest absolute Gasteiger partial charge is 0.0702 e. The zero-order valence-electron chi connectivity index (χ0n) is 10.1. The number of nitrogens with zero attached hydrogens (tertiary/aromatic N) is 1. The number of benzene rings is 1. The molecular formula is C13H19ClN2O. The Labute approximate surface area is 107 Å². The summed E-state index contributed by atoms with van der Waals surface area (Å²) in [5, 5.41) is 13.5.